The summed E-state index contributed by atoms with van der Waals surface area (Å²) < 4.78 is 5.29. The standard InChI is InChI=1S/C17H24O4/c1-17(9-3-2-4-10-17)14-12-13(7-8-15(14)19)21-16(20)6-5-11-18/h7-8,12,18-19H,2-6,9-11H2,1H3. The minimum Gasteiger partial charge on any atom is -0.508 e. The molecule has 0 aliphatic heterocycles. The summed E-state index contributed by atoms with van der Waals surface area (Å²) in [7, 11) is 0. The van der Waals surface area contributed by atoms with Crippen molar-refractivity contribution < 1.29 is 19.7 Å². The summed E-state index contributed by atoms with van der Waals surface area (Å²) in [5.41, 5.74) is 0.824. The van der Waals surface area contributed by atoms with Gasteiger partial charge in [0.2, 0.25) is 0 Å². The molecule has 4 nitrogen and oxygen atoms in total. The fourth-order valence-electron chi connectivity index (χ4n) is 3.07. The number of rotatable bonds is 5. The summed E-state index contributed by atoms with van der Waals surface area (Å²) in [6, 6.07) is 5.00. The first-order valence-corrected chi connectivity index (χ1v) is 7.70. The van der Waals surface area contributed by atoms with Gasteiger partial charge in [-0.05, 0) is 42.9 Å². The van der Waals surface area contributed by atoms with Crippen LogP contribution < -0.4 is 4.74 Å². The number of phenolic OH excluding ortho intramolecular Hbond substituents is 1. The molecular formula is C17H24O4. The molecule has 0 radical (unpaired) electrons. The molecule has 1 saturated carbocycles. The summed E-state index contributed by atoms with van der Waals surface area (Å²) in [4.78, 5) is 11.6. The van der Waals surface area contributed by atoms with E-state index in [2.05, 4.69) is 6.92 Å². The average Bonchev–Trinajstić information content (AvgIpc) is 2.48. The fraction of sp³-hybridized carbons (Fsp3) is 0.588. The van der Waals surface area contributed by atoms with Crippen molar-refractivity contribution in [3.05, 3.63) is 23.8 Å². The SMILES string of the molecule is CC1(c2cc(OC(=O)CCCO)ccc2O)CCCCC1. The van der Waals surface area contributed by atoms with Gasteiger partial charge in [-0.15, -0.1) is 0 Å². The summed E-state index contributed by atoms with van der Waals surface area (Å²) in [5.74, 6) is 0.390. The van der Waals surface area contributed by atoms with E-state index in [1.54, 1.807) is 18.2 Å². The Balaban J connectivity index is 2.15. The van der Waals surface area contributed by atoms with Crippen molar-refractivity contribution in [2.75, 3.05) is 6.61 Å². The summed E-state index contributed by atoms with van der Waals surface area (Å²) in [6.45, 7) is 2.15. The van der Waals surface area contributed by atoms with Crippen LogP contribution >= 0.6 is 0 Å². The zero-order chi connectivity index (χ0) is 15.3. The predicted octanol–water partition coefficient (Wildman–Crippen LogP) is 3.29. The molecule has 0 bridgehead atoms. The molecule has 116 valence electrons. The third-order valence-corrected chi connectivity index (χ3v) is 4.35. The Labute approximate surface area is 125 Å². The zero-order valence-electron chi connectivity index (χ0n) is 12.6. The smallest absolute Gasteiger partial charge is 0.311 e. The molecule has 0 heterocycles. The molecule has 2 rings (SSSR count). The van der Waals surface area contributed by atoms with E-state index in [0.717, 1.165) is 31.2 Å². The second-order valence-electron chi connectivity index (χ2n) is 6.10. The van der Waals surface area contributed by atoms with Crippen molar-refractivity contribution in [3.8, 4) is 11.5 Å². The quantitative estimate of drug-likeness (QED) is 0.645. The molecule has 21 heavy (non-hydrogen) atoms. The molecule has 0 atom stereocenters. The molecule has 0 amide bonds. The molecule has 2 N–H and O–H groups in total. The fourth-order valence-corrected chi connectivity index (χ4v) is 3.07. The number of esters is 1. The minimum absolute atomic E-state index is 0.0198. The lowest BCUT2D eigenvalue weighted by Crippen LogP contribution is -2.25. The summed E-state index contributed by atoms with van der Waals surface area (Å²) in [6.07, 6.45) is 6.26. The summed E-state index contributed by atoms with van der Waals surface area (Å²) >= 11 is 0. The van der Waals surface area contributed by atoms with Crippen molar-refractivity contribution in [3.63, 3.8) is 0 Å². The van der Waals surface area contributed by atoms with Crippen LogP contribution in [0.5, 0.6) is 11.5 Å². The van der Waals surface area contributed by atoms with E-state index in [1.807, 2.05) is 0 Å². The van der Waals surface area contributed by atoms with Gasteiger partial charge in [-0.3, -0.25) is 4.79 Å². The summed E-state index contributed by atoms with van der Waals surface area (Å²) in [5, 5.41) is 18.9. The van der Waals surface area contributed by atoms with Crippen LogP contribution in [-0.4, -0.2) is 22.8 Å². The van der Waals surface area contributed by atoms with Gasteiger partial charge in [0.1, 0.15) is 11.5 Å². The van der Waals surface area contributed by atoms with Crippen molar-refractivity contribution in [1.82, 2.24) is 0 Å². The first-order valence-electron chi connectivity index (χ1n) is 7.70. The molecule has 1 aliphatic carbocycles. The van der Waals surface area contributed by atoms with E-state index in [0.29, 0.717) is 12.2 Å². The van der Waals surface area contributed by atoms with Crippen LogP contribution in [0.1, 0.15) is 57.4 Å². The number of aliphatic hydroxyl groups is 1. The maximum Gasteiger partial charge on any atom is 0.311 e. The van der Waals surface area contributed by atoms with Gasteiger partial charge in [-0.25, -0.2) is 0 Å². The largest absolute Gasteiger partial charge is 0.508 e. The van der Waals surface area contributed by atoms with Crippen LogP contribution in [0.2, 0.25) is 0 Å². The van der Waals surface area contributed by atoms with Crippen LogP contribution in [-0.2, 0) is 10.2 Å². The van der Waals surface area contributed by atoms with Crippen molar-refractivity contribution in [1.29, 1.82) is 0 Å². The second-order valence-corrected chi connectivity index (χ2v) is 6.10. The molecule has 1 aromatic carbocycles. The Morgan fingerprint density at radius 3 is 2.67 bits per heavy atom. The average molecular weight is 292 g/mol. The molecule has 0 spiro atoms. The Hall–Kier alpha value is -1.55. The lowest BCUT2D eigenvalue weighted by atomic mass is 9.70. The van der Waals surface area contributed by atoms with E-state index in [9.17, 15) is 9.90 Å². The maximum absolute atomic E-state index is 11.6. The van der Waals surface area contributed by atoms with Gasteiger partial charge in [0.15, 0.2) is 0 Å². The van der Waals surface area contributed by atoms with Crippen molar-refractivity contribution in [2.24, 2.45) is 0 Å². The van der Waals surface area contributed by atoms with Crippen molar-refractivity contribution >= 4 is 5.97 Å². The van der Waals surface area contributed by atoms with E-state index in [4.69, 9.17) is 9.84 Å². The van der Waals surface area contributed by atoms with Crippen LogP contribution in [0.3, 0.4) is 0 Å². The van der Waals surface area contributed by atoms with Gasteiger partial charge in [-0.2, -0.15) is 0 Å². The number of hydrogen-bond acceptors (Lipinski definition) is 4. The van der Waals surface area contributed by atoms with Crippen LogP contribution in [0.4, 0.5) is 0 Å². The molecule has 1 aromatic rings. The highest BCUT2D eigenvalue weighted by molar-refractivity contribution is 5.72. The van der Waals surface area contributed by atoms with Crippen molar-refractivity contribution in [2.45, 2.75) is 57.3 Å². The Morgan fingerprint density at radius 1 is 1.29 bits per heavy atom. The third kappa shape index (κ3) is 3.97. The van der Waals surface area contributed by atoms with Crippen LogP contribution in [0.15, 0.2) is 18.2 Å². The van der Waals surface area contributed by atoms with E-state index >= 15 is 0 Å². The van der Waals surface area contributed by atoms with Gasteiger partial charge in [0.05, 0.1) is 0 Å². The first-order chi connectivity index (χ1) is 10.0. The topological polar surface area (TPSA) is 66.8 Å². The second kappa shape index (κ2) is 6.94. The van der Waals surface area contributed by atoms with Gasteiger partial charge in [-0.1, -0.05) is 26.2 Å². The number of aliphatic hydroxyl groups excluding tert-OH is 1. The van der Waals surface area contributed by atoms with E-state index in [-0.39, 0.29) is 30.2 Å². The van der Waals surface area contributed by atoms with Crippen LogP contribution in [0.25, 0.3) is 0 Å². The number of hydrogen-bond donors (Lipinski definition) is 2. The Morgan fingerprint density at radius 2 is 2.00 bits per heavy atom. The highest BCUT2D eigenvalue weighted by Crippen LogP contribution is 2.43. The molecule has 0 aromatic heterocycles. The number of aromatic hydroxyl groups is 1. The van der Waals surface area contributed by atoms with Gasteiger partial charge in [0, 0.05) is 18.6 Å². The molecule has 1 aliphatic rings. The van der Waals surface area contributed by atoms with Gasteiger partial charge in [0.25, 0.3) is 0 Å². The minimum atomic E-state index is -0.352. The molecule has 4 heteroatoms. The predicted molar refractivity (Wildman–Crippen MR) is 80.5 cm³/mol. The molecular weight excluding hydrogens is 268 g/mol. The lowest BCUT2D eigenvalue weighted by Gasteiger charge is -2.34. The van der Waals surface area contributed by atoms with Crippen LogP contribution in [0, 0.1) is 0 Å². The number of carbonyl (C=O) groups excluding carboxylic acids is 1. The molecule has 0 unspecified atom stereocenters. The number of benzene rings is 1. The Bertz CT molecular complexity index is 490. The Kier molecular flexibility index (Phi) is 5.23. The highest BCUT2D eigenvalue weighted by atomic mass is 16.5. The number of ether oxygens (including phenoxy) is 1. The van der Waals surface area contributed by atoms with Gasteiger partial charge < -0.3 is 14.9 Å². The van der Waals surface area contributed by atoms with Gasteiger partial charge >= 0.3 is 5.97 Å². The van der Waals surface area contributed by atoms with E-state index < -0.39 is 0 Å². The lowest BCUT2D eigenvalue weighted by molar-refractivity contribution is -0.134. The monoisotopic (exact) mass is 292 g/mol. The molecule has 0 saturated heterocycles. The number of phenols is 1. The zero-order valence-corrected chi connectivity index (χ0v) is 12.6. The normalized spacial score (nSPS) is 17.4. The molecule has 1 fully saturated rings. The van der Waals surface area contributed by atoms with E-state index in [1.165, 1.54) is 6.42 Å². The number of carbonyl (C=O) groups is 1. The maximum atomic E-state index is 11.6. The first kappa shape index (κ1) is 15.8. The highest BCUT2D eigenvalue weighted by Gasteiger charge is 2.31. The third-order valence-electron chi connectivity index (χ3n) is 4.35.